The lowest BCUT2D eigenvalue weighted by Crippen LogP contribution is -2.18. The predicted octanol–water partition coefficient (Wildman–Crippen LogP) is 4.53. The molecule has 21 heavy (non-hydrogen) atoms. The van der Waals surface area contributed by atoms with Gasteiger partial charge in [-0.05, 0) is 53.3 Å². The second-order valence-corrected chi connectivity index (χ2v) is 7.15. The van der Waals surface area contributed by atoms with Crippen molar-refractivity contribution in [1.29, 1.82) is 0 Å². The number of anilines is 1. The van der Waals surface area contributed by atoms with E-state index in [1.54, 1.807) is 0 Å². The molecule has 1 aromatic carbocycles. The molecule has 0 radical (unpaired) electrons. The van der Waals surface area contributed by atoms with E-state index in [1.807, 2.05) is 20.0 Å². The summed E-state index contributed by atoms with van der Waals surface area (Å²) in [6, 6.07) is 4.87. The van der Waals surface area contributed by atoms with E-state index < -0.39 is 0 Å². The zero-order chi connectivity index (χ0) is 15.8. The summed E-state index contributed by atoms with van der Waals surface area (Å²) in [6.07, 6.45) is 0. The van der Waals surface area contributed by atoms with Crippen LogP contribution in [0.15, 0.2) is 18.2 Å². The topological polar surface area (TPSA) is 37.8 Å². The lowest BCUT2D eigenvalue weighted by atomic mass is 9.91. The van der Waals surface area contributed by atoms with E-state index in [2.05, 4.69) is 58.6 Å². The quantitative estimate of drug-likeness (QED) is 0.754. The molecule has 112 valence electrons. The van der Waals surface area contributed by atoms with Gasteiger partial charge in [-0.15, -0.1) is 0 Å². The van der Waals surface area contributed by atoms with Crippen LogP contribution in [0, 0.1) is 16.3 Å². The summed E-state index contributed by atoms with van der Waals surface area (Å²) in [5.41, 5.74) is 2.41. The minimum atomic E-state index is -0.268. The van der Waals surface area contributed by atoms with Crippen LogP contribution in [-0.2, 0) is 5.41 Å². The van der Waals surface area contributed by atoms with Crippen molar-refractivity contribution in [2.24, 2.45) is 0 Å². The molecule has 0 atom stereocenters. The maximum absolute atomic E-state index is 13.6. The molecule has 3 nitrogen and oxygen atoms in total. The van der Waals surface area contributed by atoms with Gasteiger partial charge in [0.1, 0.15) is 11.6 Å². The largest absolute Gasteiger partial charge is 0.372 e. The number of aryl methyl sites for hydroxylation is 1. The summed E-state index contributed by atoms with van der Waals surface area (Å²) in [4.78, 5) is 9.20. The van der Waals surface area contributed by atoms with Crippen molar-refractivity contribution >= 4 is 28.4 Å². The molecule has 1 aromatic heterocycles. The highest BCUT2D eigenvalue weighted by Crippen LogP contribution is 2.31. The Balaban J connectivity index is 2.69. The molecule has 0 amide bonds. The molecular weight excluding hydrogens is 380 g/mol. The zero-order valence-corrected chi connectivity index (χ0v) is 15.0. The Morgan fingerprint density at radius 1 is 1.14 bits per heavy atom. The minimum Gasteiger partial charge on any atom is -0.372 e. The van der Waals surface area contributed by atoms with E-state index in [-0.39, 0.29) is 11.2 Å². The Morgan fingerprint density at radius 3 is 2.33 bits per heavy atom. The first-order chi connectivity index (χ1) is 9.72. The smallest absolute Gasteiger partial charge is 0.161 e. The van der Waals surface area contributed by atoms with E-state index >= 15 is 0 Å². The molecule has 0 unspecified atom stereocenters. The van der Waals surface area contributed by atoms with Crippen LogP contribution in [-0.4, -0.2) is 17.0 Å². The van der Waals surface area contributed by atoms with Gasteiger partial charge in [-0.2, -0.15) is 0 Å². The van der Waals surface area contributed by atoms with Gasteiger partial charge in [0.2, 0.25) is 0 Å². The van der Waals surface area contributed by atoms with Gasteiger partial charge in [-0.25, -0.2) is 14.4 Å². The van der Waals surface area contributed by atoms with Crippen molar-refractivity contribution in [3.63, 3.8) is 0 Å². The summed E-state index contributed by atoms with van der Waals surface area (Å²) in [7, 11) is 1.83. The van der Waals surface area contributed by atoms with Gasteiger partial charge in [0.15, 0.2) is 5.82 Å². The number of hydrogen-bond donors (Lipinski definition) is 1. The van der Waals surface area contributed by atoms with Gasteiger partial charge < -0.3 is 5.32 Å². The molecule has 0 saturated heterocycles. The van der Waals surface area contributed by atoms with E-state index in [0.29, 0.717) is 11.4 Å². The maximum Gasteiger partial charge on any atom is 0.161 e. The van der Waals surface area contributed by atoms with Gasteiger partial charge in [0, 0.05) is 18.0 Å². The first-order valence-corrected chi connectivity index (χ1v) is 7.83. The third-order valence-corrected chi connectivity index (χ3v) is 4.12. The van der Waals surface area contributed by atoms with Crippen LogP contribution in [0.25, 0.3) is 11.4 Å². The van der Waals surface area contributed by atoms with Crippen LogP contribution < -0.4 is 5.32 Å². The summed E-state index contributed by atoms with van der Waals surface area (Å²) < 4.78 is 14.6. The van der Waals surface area contributed by atoms with E-state index in [0.717, 1.165) is 20.6 Å². The standard InChI is InChI=1S/C16H19FIN3/c1-9-6-10(8-11(17)7-9)14-20-13(16(2,3)4)12(18)15(19-5)21-14/h6-8H,1-5H3,(H,19,20,21). The highest BCUT2D eigenvalue weighted by molar-refractivity contribution is 14.1. The number of rotatable bonds is 2. The summed E-state index contributed by atoms with van der Waals surface area (Å²) in [5.74, 6) is 1.05. The van der Waals surface area contributed by atoms with Gasteiger partial charge in [-0.3, -0.25) is 0 Å². The van der Waals surface area contributed by atoms with Gasteiger partial charge in [0.25, 0.3) is 0 Å². The highest BCUT2D eigenvalue weighted by Gasteiger charge is 2.23. The molecule has 2 aromatic rings. The Hall–Kier alpha value is -1.24. The second kappa shape index (κ2) is 5.87. The number of aromatic nitrogens is 2. The lowest BCUT2D eigenvalue weighted by Gasteiger charge is -2.21. The third kappa shape index (κ3) is 3.51. The van der Waals surface area contributed by atoms with Gasteiger partial charge >= 0.3 is 0 Å². The Kier molecular flexibility index (Phi) is 4.51. The molecule has 1 N–H and O–H groups in total. The monoisotopic (exact) mass is 399 g/mol. The molecule has 1 heterocycles. The summed E-state index contributed by atoms with van der Waals surface area (Å²) in [6.45, 7) is 8.19. The molecule has 0 bridgehead atoms. The van der Waals surface area contributed by atoms with Crippen LogP contribution in [0.2, 0.25) is 0 Å². The van der Waals surface area contributed by atoms with Crippen LogP contribution >= 0.6 is 22.6 Å². The van der Waals surface area contributed by atoms with Crippen molar-refractivity contribution in [3.05, 3.63) is 38.8 Å². The summed E-state index contributed by atoms with van der Waals surface area (Å²) >= 11 is 2.25. The van der Waals surface area contributed by atoms with Gasteiger partial charge in [-0.1, -0.05) is 20.8 Å². The molecule has 0 aliphatic heterocycles. The molecule has 0 fully saturated rings. The van der Waals surface area contributed by atoms with Crippen LogP contribution in [0.1, 0.15) is 32.0 Å². The van der Waals surface area contributed by atoms with E-state index in [4.69, 9.17) is 0 Å². The number of nitrogens with zero attached hydrogens (tertiary/aromatic N) is 2. The van der Waals surface area contributed by atoms with Crippen LogP contribution in [0.4, 0.5) is 10.2 Å². The molecule has 0 spiro atoms. The van der Waals surface area contributed by atoms with Crippen molar-refractivity contribution in [2.75, 3.05) is 12.4 Å². The number of benzene rings is 1. The fourth-order valence-electron chi connectivity index (χ4n) is 2.10. The fourth-order valence-corrected chi connectivity index (χ4v) is 3.42. The van der Waals surface area contributed by atoms with Gasteiger partial charge in [0.05, 0.1) is 9.26 Å². The van der Waals surface area contributed by atoms with Crippen LogP contribution in [0.5, 0.6) is 0 Å². The van der Waals surface area contributed by atoms with Crippen LogP contribution in [0.3, 0.4) is 0 Å². The maximum atomic E-state index is 13.6. The lowest BCUT2D eigenvalue weighted by molar-refractivity contribution is 0.564. The first-order valence-electron chi connectivity index (χ1n) is 6.75. The first kappa shape index (κ1) is 16.1. The highest BCUT2D eigenvalue weighted by atomic mass is 127. The molecule has 5 heteroatoms. The molecule has 0 saturated carbocycles. The average Bonchev–Trinajstić information content (AvgIpc) is 2.36. The van der Waals surface area contributed by atoms with E-state index in [9.17, 15) is 4.39 Å². The molecule has 0 aliphatic carbocycles. The average molecular weight is 399 g/mol. The van der Waals surface area contributed by atoms with Crippen molar-refractivity contribution < 1.29 is 4.39 Å². The minimum absolute atomic E-state index is 0.109. The predicted molar refractivity (Wildman–Crippen MR) is 93.1 cm³/mol. The summed E-state index contributed by atoms with van der Waals surface area (Å²) in [5, 5.41) is 3.09. The van der Waals surface area contributed by atoms with Crippen molar-refractivity contribution in [1.82, 2.24) is 9.97 Å². The third-order valence-electron chi connectivity index (χ3n) is 3.10. The molecule has 2 rings (SSSR count). The Labute approximate surface area is 138 Å². The molecule has 0 aliphatic rings. The normalized spacial score (nSPS) is 11.6. The SMILES string of the molecule is CNc1nc(-c2cc(C)cc(F)c2)nc(C(C)(C)C)c1I. The number of halogens is 2. The molecular formula is C16H19FIN3. The fraction of sp³-hybridized carbons (Fsp3) is 0.375. The van der Waals surface area contributed by atoms with Crippen molar-refractivity contribution in [3.8, 4) is 11.4 Å². The zero-order valence-electron chi connectivity index (χ0n) is 12.9. The number of hydrogen-bond acceptors (Lipinski definition) is 3. The number of nitrogens with one attached hydrogen (secondary N) is 1. The van der Waals surface area contributed by atoms with E-state index in [1.165, 1.54) is 12.1 Å². The second-order valence-electron chi connectivity index (χ2n) is 6.08. The van der Waals surface area contributed by atoms with Crippen molar-refractivity contribution in [2.45, 2.75) is 33.1 Å². The Morgan fingerprint density at radius 2 is 1.81 bits per heavy atom. The Bertz CT molecular complexity index is 658.